The fourth-order valence-electron chi connectivity index (χ4n) is 2.59. The first kappa shape index (κ1) is 21.2. The van der Waals surface area contributed by atoms with Gasteiger partial charge in [-0.2, -0.15) is 5.26 Å². The molecule has 1 aromatic carbocycles. The second-order valence-corrected chi connectivity index (χ2v) is 6.26. The summed E-state index contributed by atoms with van der Waals surface area (Å²) in [5.74, 6) is 0.757. The summed E-state index contributed by atoms with van der Waals surface area (Å²) in [4.78, 5) is 8.35. The molecule has 6 nitrogen and oxygen atoms in total. The standard InChI is InChI=1S/C21H26FN5O/c22-18-8-7-9-20(16-18)28-15-6-4-2-1-3-5-12-25-21(26-17-23)27-19-10-13-24-14-11-19/h7-11,13-14,16H,1-6,12,15H2,(H2,24,25,26,27). The van der Waals surface area contributed by atoms with Gasteiger partial charge in [-0.05, 0) is 37.1 Å². The molecule has 2 rings (SSSR count). The quantitative estimate of drug-likeness (QED) is 0.197. The van der Waals surface area contributed by atoms with Gasteiger partial charge in [0.1, 0.15) is 11.6 Å². The molecule has 7 heteroatoms. The number of pyridine rings is 1. The van der Waals surface area contributed by atoms with Crippen LogP contribution < -0.4 is 15.4 Å². The molecule has 0 bridgehead atoms. The van der Waals surface area contributed by atoms with Crippen LogP contribution in [0.2, 0.25) is 0 Å². The Morgan fingerprint density at radius 3 is 2.57 bits per heavy atom. The van der Waals surface area contributed by atoms with E-state index in [0.29, 0.717) is 24.9 Å². The van der Waals surface area contributed by atoms with Crippen molar-refractivity contribution < 1.29 is 9.13 Å². The number of ether oxygens (including phenoxy) is 1. The molecule has 28 heavy (non-hydrogen) atoms. The summed E-state index contributed by atoms with van der Waals surface area (Å²) in [6.07, 6.45) is 11.6. The van der Waals surface area contributed by atoms with Crippen molar-refractivity contribution in [3.05, 3.63) is 54.6 Å². The maximum absolute atomic E-state index is 13.0. The highest BCUT2D eigenvalue weighted by molar-refractivity contribution is 5.94. The second kappa shape index (κ2) is 13.1. The molecule has 0 atom stereocenters. The van der Waals surface area contributed by atoms with E-state index in [1.54, 1.807) is 24.5 Å². The van der Waals surface area contributed by atoms with Crippen molar-refractivity contribution in [1.29, 1.82) is 5.26 Å². The highest BCUT2D eigenvalue weighted by Gasteiger charge is 1.99. The number of benzene rings is 1. The third-order valence-electron chi connectivity index (χ3n) is 4.00. The molecule has 0 spiro atoms. The maximum Gasteiger partial charge on any atom is 0.209 e. The van der Waals surface area contributed by atoms with E-state index in [4.69, 9.17) is 10.00 Å². The van der Waals surface area contributed by atoms with Crippen LogP contribution in [0.25, 0.3) is 0 Å². The molecule has 0 aliphatic heterocycles. The monoisotopic (exact) mass is 383 g/mol. The number of guanidine groups is 1. The van der Waals surface area contributed by atoms with Crippen molar-refractivity contribution >= 4 is 11.6 Å². The maximum atomic E-state index is 13.0. The van der Waals surface area contributed by atoms with E-state index in [0.717, 1.165) is 44.2 Å². The Labute approximate surface area is 165 Å². The number of anilines is 1. The lowest BCUT2D eigenvalue weighted by atomic mass is 10.1. The highest BCUT2D eigenvalue weighted by Crippen LogP contribution is 2.13. The average Bonchev–Trinajstić information content (AvgIpc) is 2.70. The van der Waals surface area contributed by atoms with Crippen molar-refractivity contribution in [2.45, 2.75) is 38.5 Å². The van der Waals surface area contributed by atoms with Gasteiger partial charge in [0.25, 0.3) is 0 Å². The summed E-state index contributed by atoms with van der Waals surface area (Å²) < 4.78 is 18.6. The molecular formula is C21H26FN5O. The fourth-order valence-corrected chi connectivity index (χ4v) is 2.59. The Morgan fingerprint density at radius 1 is 1.07 bits per heavy atom. The number of halogens is 1. The number of unbranched alkanes of at least 4 members (excludes halogenated alkanes) is 5. The minimum absolute atomic E-state index is 0.274. The van der Waals surface area contributed by atoms with E-state index in [9.17, 15) is 4.39 Å². The van der Waals surface area contributed by atoms with Crippen molar-refractivity contribution in [3.8, 4) is 11.9 Å². The van der Waals surface area contributed by atoms with Crippen molar-refractivity contribution in [2.24, 2.45) is 4.99 Å². The molecular weight excluding hydrogens is 357 g/mol. The van der Waals surface area contributed by atoms with Crippen molar-refractivity contribution in [1.82, 2.24) is 10.3 Å². The summed E-state index contributed by atoms with van der Waals surface area (Å²) >= 11 is 0. The predicted molar refractivity (Wildman–Crippen MR) is 109 cm³/mol. The van der Waals surface area contributed by atoms with Crippen LogP contribution in [0.4, 0.5) is 10.1 Å². The zero-order valence-corrected chi connectivity index (χ0v) is 15.9. The minimum atomic E-state index is -0.274. The summed E-state index contributed by atoms with van der Waals surface area (Å²) in [6, 6.07) is 9.85. The molecule has 0 unspecified atom stereocenters. The van der Waals surface area contributed by atoms with Crippen molar-refractivity contribution in [3.63, 3.8) is 0 Å². The molecule has 2 aromatic rings. The van der Waals surface area contributed by atoms with E-state index in [1.807, 2.05) is 18.3 Å². The molecule has 0 saturated heterocycles. The first-order valence-corrected chi connectivity index (χ1v) is 9.53. The highest BCUT2D eigenvalue weighted by atomic mass is 19.1. The summed E-state index contributed by atoms with van der Waals surface area (Å²) in [5.41, 5.74) is 0.831. The minimum Gasteiger partial charge on any atom is -0.493 e. The zero-order valence-electron chi connectivity index (χ0n) is 15.9. The molecule has 0 aliphatic carbocycles. The van der Waals surface area contributed by atoms with Crippen LogP contribution in [0.15, 0.2) is 53.8 Å². The lowest BCUT2D eigenvalue weighted by molar-refractivity contribution is 0.303. The van der Waals surface area contributed by atoms with Gasteiger partial charge >= 0.3 is 0 Å². The van der Waals surface area contributed by atoms with Crippen LogP contribution >= 0.6 is 0 Å². The molecule has 2 N–H and O–H groups in total. The van der Waals surface area contributed by atoms with Gasteiger partial charge in [0.2, 0.25) is 5.96 Å². The summed E-state index contributed by atoms with van der Waals surface area (Å²) in [6.45, 7) is 1.27. The van der Waals surface area contributed by atoms with Crippen LogP contribution in [-0.2, 0) is 0 Å². The molecule has 0 aliphatic rings. The van der Waals surface area contributed by atoms with Gasteiger partial charge < -0.3 is 10.1 Å². The number of aromatic nitrogens is 1. The normalized spacial score (nSPS) is 10.9. The van der Waals surface area contributed by atoms with E-state index >= 15 is 0 Å². The Balaban J connectivity index is 1.51. The first-order valence-electron chi connectivity index (χ1n) is 9.53. The number of aliphatic imine (C=N–C) groups is 1. The number of nitrogens with zero attached hydrogens (tertiary/aromatic N) is 3. The fraction of sp³-hybridized carbons (Fsp3) is 0.381. The first-order chi connectivity index (χ1) is 13.8. The van der Waals surface area contributed by atoms with Crippen LogP contribution in [0.3, 0.4) is 0 Å². The van der Waals surface area contributed by atoms with Crippen molar-refractivity contribution in [2.75, 3.05) is 18.5 Å². The van der Waals surface area contributed by atoms with Gasteiger partial charge in [-0.25, -0.2) is 4.39 Å². The molecule has 0 radical (unpaired) electrons. The van der Waals surface area contributed by atoms with Crippen LogP contribution in [0.1, 0.15) is 38.5 Å². The Bertz CT molecular complexity index is 761. The second-order valence-electron chi connectivity index (χ2n) is 6.26. The Kier molecular flexibility index (Phi) is 9.90. The van der Waals surface area contributed by atoms with Crippen LogP contribution in [0.5, 0.6) is 5.75 Å². The van der Waals surface area contributed by atoms with E-state index in [-0.39, 0.29) is 5.82 Å². The molecule has 148 valence electrons. The number of hydrogen-bond acceptors (Lipinski definition) is 4. The average molecular weight is 383 g/mol. The zero-order chi connectivity index (χ0) is 19.9. The predicted octanol–water partition coefficient (Wildman–Crippen LogP) is 4.48. The third-order valence-corrected chi connectivity index (χ3v) is 4.00. The lowest BCUT2D eigenvalue weighted by Crippen LogP contribution is -2.27. The van der Waals surface area contributed by atoms with Gasteiger partial charge in [0, 0.05) is 30.7 Å². The van der Waals surface area contributed by atoms with E-state index < -0.39 is 0 Å². The number of hydrogen-bond donors (Lipinski definition) is 2. The Morgan fingerprint density at radius 2 is 1.82 bits per heavy atom. The lowest BCUT2D eigenvalue weighted by Gasteiger charge is -2.07. The molecule has 0 fully saturated rings. The van der Waals surface area contributed by atoms with Crippen LogP contribution in [-0.4, -0.2) is 24.1 Å². The van der Waals surface area contributed by atoms with Gasteiger partial charge in [-0.15, -0.1) is 0 Å². The van der Waals surface area contributed by atoms with Gasteiger partial charge in [-0.1, -0.05) is 31.7 Å². The van der Waals surface area contributed by atoms with Gasteiger partial charge in [0.05, 0.1) is 6.61 Å². The van der Waals surface area contributed by atoms with Gasteiger partial charge in [-0.3, -0.25) is 15.3 Å². The number of nitriles is 1. The van der Waals surface area contributed by atoms with E-state index in [1.165, 1.54) is 12.1 Å². The molecule has 1 heterocycles. The summed E-state index contributed by atoms with van der Waals surface area (Å²) in [5, 5.41) is 14.4. The smallest absolute Gasteiger partial charge is 0.209 e. The topological polar surface area (TPSA) is 82.3 Å². The Hall–Kier alpha value is -3.14. The SMILES string of the molecule is N#CNC(=NCCCCCCCCOc1cccc(F)c1)Nc1ccncc1. The molecule has 1 aromatic heterocycles. The number of nitrogens with one attached hydrogen (secondary N) is 2. The summed E-state index contributed by atoms with van der Waals surface area (Å²) in [7, 11) is 0. The largest absolute Gasteiger partial charge is 0.493 e. The number of rotatable bonds is 11. The van der Waals surface area contributed by atoms with Gasteiger partial charge in [0.15, 0.2) is 6.19 Å². The van der Waals surface area contributed by atoms with Crippen LogP contribution in [0, 0.1) is 17.3 Å². The van der Waals surface area contributed by atoms with E-state index in [2.05, 4.69) is 20.6 Å². The third kappa shape index (κ3) is 8.99. The molecule has 0 saturated carbocycles. The molecule has 0 amide bonds.